The Bertz CT molecular complexity index is 2390. The van der Waals surface area contributed by atoms with E-state index >= 15 is 0 Å². The van der Waals surface area contributed by atoms with E-state index in [-0.39, 0.29) is 29.8 Å². The molecule has 0 bridgehead atoms. The lowest BCUT2D eigenvalue weighted by atomic mass is 9.98. The molecule has 4 heterocycles. The first-order valence-corrected chi connectivity index (χ1v) is 19.6. The van der Waals surface area contributed by atoms with Crippen molar-refractivity contribution in [1.82, 2.24) is 35.1 Å². The van der Waals surface area contributed by atoms with Gasteiger partial charge in [0.15, 0.2) is 6.10 Å². The molecule has 6 aromatic rings. The molecule has 2 aliphatic rings. The molecule has 0 aliphatic carbocycles. The summed E-state index contributed by atoms with van der Waals surface area (Å²) in [6.45, 7) is 4.90. The van der Waals surface area contributed by atoms with E-state index in [0.29, 0.717) is 18.9 Å². The molecule has 4 N–H and O–H groups in total. The average molecular weight is 766 g/mol. The summed E-state index contributed by atoms with van der Waals surface area (Å²) in [5.41, 5.74) is 6.79. The number of methoxy groups -OCH3 is 1. The van der Waals surface area contributed by atoms with Gasteiger partial charge in [0.25, 0.3) is 5.91 Å². The minimum atomic E-state index is -1.21. The maximum absolute atomic E-state index is 13.6. The lowest BCUT2D eigenvalue weighted by Crippen LogP contribution is -2.50. The number of fused-ring (bicyclic) bond motifs is 1. The normalized spacial score (nSPS) is 18.0. The van der Waals surface area contributed by atoms with Crippen LogP contribution in [0.1, 0.15) is 74.9 Å². The van der Waals surface area contributed by atoms with Crippen LogP contribution in [-0.2, 0) is 14.3 Å². The van der Waals surface area contributed by atoms with Crippen LogP contribution in [0.3, 0.4) is 0 Å². The summed E-state index contributed by atoms with van der Waals surface area (Å²) in [7, 11) is 1.58. The van der Waals surface area contributed by atoms with Gasteiger partial charge in [0.1, 0.15) is 17.7 Å². The molecule has 12 heteroatoms. The van der Waals surface area contributed by atoms with Gasteiger partial charge in [0.05, 0.1) is 35.9 Å². The summed E-state index contributed by atoms with van der Waals surface area (Å²) in [6.07, 6.45) is 5.11. The molecule has 4 atom stereocenters. The smallest absolute Gasteiger partial charge is 0.405 e. The second kappa shape index (κ2) is 16.1. The predicted molar refractivity (Wildman–Crippen MR) is 218 cm³/mol. The van der Waals surface area contributed by atoms with E-state index in [1.165, 1.54) is 0 Å². The summed E-state index contributed by atoms with van der Waals surface area (Å²) in [5.74, 6) is 1.03. The van der Waals surface area contributed by atoms with Crippen LogP contribution in [0, 0.1) is 5.92 Å². The molecule has 3 amide bonds. The molecule has 57 heavy (non-hydrogen) atoms. The number of hydrogen-bond acceptors (Lipinski definition) is 6. The van der Waals surface area contributed by atoms with Gasteiger partial charge in [0.2, 0.25) is 5.91 Å². The number of carboxylic acid groups (broad SMARTS) is 1. The third kappa shape index (κ3) is 7.65. The zero-order chi connectivity index (χ0) is 39.6. The lowest BCUT2D eigenvalue weighted by molar-refractivity contribution is -0.143. The van der Waals surface area contributed by atoms with Gasteiger partial charge in [-0.15, -0.1) is 0 Å². The summed E-state index contributed by atoms with van der Waals surface area (Å²) in [5, 5.41) is 13.9. The molecule has 8 rings (SSSR count). The number of likely N-dealkylation sites (tertiary alicyclic amines) is 2. The van der Waals surface area contributed by atoms with Crippen molar-refractivity contribution in [3.63, 3.8) is 0 Å². The van der Waals surface area contributed by atoms with E-state index in [0.717, 1.165) is 81.5 Å². The van der Waals surface area contributed by atoms with Crippen molar-refractivity contribution in [2.75, 3.05) is 20.2 Å². The quantitative estimate of drug-likeness (QED) is 0.103. The van der Waals surface area contributed by atoms with Crippen LogP contribution in [0.5, 0.6) is 0 Å². The number of carbonyl (C=O) groups is 3. The first-order chi connectivity index (χ1) is 27.7. The number of ether oxygens (including phenoxy) is 1. The maximum Gasteiger partial charge on any atom is 0.405 e. The number of nitrogens with zero attached hydrogens (tertiary/aromatic N) is 4. The van der Waals surface area contributed by atoms with E-state index in [1.807, 2.05) is 55.3 Å². The Morgan fingerprint density at radius 2 is 1.25 bits per heavy atom. The van der Waals surface area contributed by atoms with E-state index < -0.39 is 18.2 Å². The second-order valence-electron chi connectivity index (χ2n) is 15.3. The predicted octanol–water partition coefficient (Wildman–Crippen LogP) is 8.29. The summed E-state index contributed by atoms with van der Waals surface area (Å²) >= 11 is 0. The molecular formula is C45H47N7O5. The van der Waals surface area contributed by atoms with Crippen LogP contribution >= 0.6 is 0 Å². The van der Waals surface area contributed by atoms with Crippen LogP contribution < -0.4 is 5.32 Å². The lowest BCUT2D eigenvalue weighted by Gasteiger charge is -2.29. The van der Waals surface area contributed by atoms with Crippen molar-refractivity contribution >= 4 is 28.7 Å². The Kier molecular flexibility index (Phi) is 10.6. The minimum absolute atomic E-state index is 0.0501. The van der Waals surface area contributed by atoms with Crippen LogP contribution in [0.15, 0.2) is 103 Å². The number of amides is 3. The number of nitrogens with one attached hydrogen (secondary N) is 3. The Labute approximate surface area is 331 Å². The van der Waals surface area contributed by atoms with Crippen LogP contribution in [0.25, 0.3) is 44.4 Å². The van der Waals surface area contributed by atoms with Gasteiger partial charge in [-0.1, -0.05) is 92.7 Å². The first-order valence-electron chi connectivity index (χ1n) is 19.6. The standard InChI is InChI=1S/C45H47N7O5/c1-27(2)39(50-45(55)56)43(53)51-21-7-11-37(51)41-47-26-36(49-41)34-20-19-32-23-31(17-18-33(32)24-34)28-13-15-29(16-14-28)35-25-46-42(48-35)38-12-8-22-52(38)44(54)40(57-3)30-9-5-4-6-10-30/h4-6,9-10,13-20,23-27,37-40,50H,7-8,11-12,21-22H2,1-3H3,(H,46,48)(H,47,49)(H,55,56). The van der Waals surface area contributed by atoms with Crippen molar-refractivity contribution < 1.29 is 24.2 Å². The van der Waals surface area contributed by atoms with E-state index in [9.17, 15) is 19.5 Å². The highest BCUT2D eigenvalue weighted by atomic mass is 16.5. The van der Waals surface area contributed by atoms with Gasteiger partial charge in [-0.3, -0.25) is 9.59 Å². The number of imidazole rings is 2. The fourth-order valence-corrected chi connectivity index (χ4v) is 8.35. The topological polar surface area (TPSA) is 157 Å². The second-order valence-corrected chi connectivity index (χ2v) is 15.3. The third-order valence-corrected chi connectivity index (χ3v) is 11.3. The number of aromatic amines is 2. The molecule has 2 aromatic heterocycles. The van der Waals surface area contributed by atoms with Gasteiger partial charge >= 0.3 is 6.09 Å². The first kappa shape index (κ1) is 37.6. The molecule has 2 aliphatic heterocycles. The molecule has 2 saturated heterocycles. The molecule has 4 aromatic carbocycles. The minimum Gasteiger partial charge on any atom is -0.465 e. The Hall–Kier alpha value is -6.27. The molecule has 0 radical (unpaired) electrons. The van der Waals surface area contributed by atoms with E-state index in [2.05, 4.69) is 80.9 Å². The van der Waals surface area contributed by atoms with Crippen molar-refractivity contribution in [3.8, 4) is 33.6 Å². The maximum atomic E-state index is 13.6. The highest BCUT2D eigenvalue weighted by molar-refractivity contribution is 5.91. The van der Waals surface area contributed by atoms with Gasteiger partial charge in [-0.05, 0) is 76.8 Å². The average Bonchev–Trinajstić information content (AvgIpc) is 4.07. The fraction of sp³-hybridized carbons (Fsp3) is 0.311. The van der Waals surface area contributed by atoms with Gasteiger partial charge in [0, 0.05) is 25.8 Å². The number of rotatable bonds is 11. The number of aromatic nitrogens is 4. The number of benzene rings is 4. The van der Waals surface area contributed by atoms with Gasteiger partial charge in [-0.2, -0.15) is 0 Å². The largest absolute Gasteiger partial charge is 0.465 e. The van der Waals surface area contributed by atoms with Crippen molar-refractivity contribution in [2.45, 2.75) is 63.8 Å². The zero-order valence-electron chi connectivity index (χ0n) is 32.3. The van der Waals surface area contributed by atoms with Crippen molar-refractivity contribution in [1.29, 1.82) is 0 Å². The molecular weight excluding hydrogens is 719 g/mol. The molecule has 4 unspecified atom stereocenters. The van der Waals surface area contributed by atoms with Gasteiger partial charge < -0.3 is 34.9 Å². The molecule has 0 saturated carbocycles. The Balaban J connectivity index is 0.945. The van der Waals surface area contributed by atoms with Gasteiger partial charge in [-0.25, -0.2) is 14.8 Å². The number of carbonyl (C=O) groups excluding carboxylic acids is 2. The monoisotopic (exact) mass is 765 g/mol. The summed E-state index contributed by atoms with van der Waals surface area (Å²) in [4.78, 5) is 58.4. The highest BCUT2D eigenvalue weighted by Crippen LogP contribution is 2.36. The Morgan fingerprint density at radius 1 is 0.719 bits per heavy atom. The van der Waals surface area contributed by atoms with Crippen LogP contribution in [0.2, 0.25) is 0 Å². The molecule has 2 fully saturated rings. The van der Waals surface area contributed by atoms with Crippen molar-refractivity contribution in [3.05, 3.63) is 121 Å². The number of hydrogen-bond donors (Lipinski definition) is 4. The Morgan fingerprint density at radius 3 is 1.82 bits per heavy atom. The fourth-order valence-electron chi connectivity index (χ4n) is 8.35. The highest BCUT2D eigenvalue weighted by Gasteiger charge is 2.38. The number of H-pyrrole nitrogens is 2. The third-order valence-electron chi connectivity index (χ3n) is 11.3. The zero-order valence-corrected chi connectivity index (χ0v) is 32.3. The molecule has 12 nitrogen and oxygen atoms in total. The molecule has 292 valence electrons. The van der Waals surface area contributed by atoms with Crippen LogP contribution in [0.4, 0.5) is 4.79 Å². The summed E-state index contributed by atoms with van der Waals surface area (Å²) in [6, 6.07) is 29.6. The van der Waals surface area contributed by atoms with E-state index in [4.69, 9.17) is 9.72 Å². The summed E-state index contributed by atoms with van der Waals surface area (Å²) < 4.78 is 5.66. The SMILES string of the molecule is COC(C(=O)N1CCCC1c1ncc(-c2ccc(-c3ccc4cc(-c5cnc(C6CCCN6C(=O)C(NC(=O)O)C(C)C)[nH]5)ccc4c3)cc2)[nH]1)c1ccccc1. The van der Waals surface area contributed by atoms with E-state index in [1.54, 1.807) is 18.2 Å². The molecule has 0 spiro atoms. The van der Waals surface area contributed by atoms with Crippen molar-refractivity contribution in [2.24, 2.45) is 5.92 Å². The van der Waals surface area contributed by atoms with Crippen LogP contribution in [-0.4, -0.2) is 79.0 Å².